The van der Waals surface area contributed by atoms with Crippen molar-refractivity contribution >= 4 is 5.97 Å². The molecule has 2 aliphatic heterocycles. The van der Waals surface area contributed by atoms with Gasteiger partial charge in [-0.15, -0.1) is 0 Å². The van der Waals surface area contributed by atoms with Gasteiger partial charge < -0.3 is 14.6 Å². The summed E-state index contributed by atoms with van der Waals surface area (Å²) < 4.78 is 11.0. The van der Waals surface area contributed by atoms with Gasteiger partial charge in [0, 0.05) is 31.7 Å². The molecule has 2 fully saturated rings. The Labute approximate surface area is 149 Å². The third kappa shape index (κ3) is 4.93. The van der Waals surface area contributed by atoms with E-state index in [-0.39, 0.29) is 0 Å². The first-order valence-electron chi connectivity index (χ1n) is 9.07. The molecule has 0 bridgehead atoms. The van der Waals surface area contributed by atoms with Crippen LogP contribution in [0.2, 0.25) is 0 Å². The van der Waals surface area contributed by atoms with Gasteiger partial charge in [-0.05, 0) is 43.6 Å². The van der Waals surface area contributed by atoms with Gasteiger partial charge in [-0.25, -0.2) is 0 Å². The minimum atomic E-state index is -0.781. The first kappa shape index (κ1) is 18.2. The van der Waals surface area contributed by atoms with E-state index < -0.39 is 11.9 Å². The Morgan fingerprint density at radius 2 is 2.04 bits per heavy atom. The maximum Gasteiger partial charge on any atom is 0.310 e. The zero-order valence-corrected chi connectivity index (χ0v) is 14.9. The Hall–Kier alpha value is -1.63. The van der Waals surface area contributed by atoms with Gasteiger partial charge in [-0.3, -0.25) is 14.6 Å². The molecule has 0 aromatic heterocycles. The predicted molar refractivity (Wildman–Crippen MR) is 94.7 cm³/mol. The number of rotatable bonds is 6. The normalized spacial score (nSPS) is 22.7. The highest BCUT2D eigenvalue weighted by Gasteiger charge is 2.24. The van der Waals surface area contributed by atoms with E-state index in [1.165, 1.54) is 24.0 Å². The van der Waals surface area contributed by atoms with Crippen molar-refractivity contribution in [3.63, 3.8) is 0 Å². The number of carboxylic acids is 1. The highest BCUT2D eigenvalue weighted by molar-refractivity contribution is 5.70. The molecule has 138 valence electrons. The minimum Gasteiger partial charge on any atom is -0.496 e. The van der Waals surface area contributed by atoms with E-state index in [0.29, 0.717) is 19.8 Å². The van der Waals surface area contributed by atoms with Crippen LogP contribution in [0, 0.1) is 5.92 Å². The van der Waals surface area contributed by atoms with Crippen LogP contribution in [0.15, 0.2) is 18.2 Å². The van der Waals surface area contributed by atoms with Gasteiger partial charge in [0.15, 0.2) is 0 Å². The average Bonchev–Trinajstić information content (AvgIpc) is 2.99. The number of hydrogen-bond acceptors (Lipinski definition) is 5. The number of nitrogens with zero attached hydrogens (tertiary/aromatic N) is 2. The molecular formula is C19H28N2O4. The first-order chi connectivity index (χ1) is 12.2. The highest BCUT2D eigenvalue weighted by atomic mass is 16.5. The Morgan fingerprint density at radius 3 is 2.76 bits per heavy atom. The molecule has 0 amide bonds. The number of benzene rings is 1. The molecule has 1 aromatic rings. The highest BCUT2D eigenvalue weighted by Crippen LogP contribution is 2.24. The summed E-state index contributed by atoms with van der Waals surface area (Å²) in [5.74, 6) is -0.306. The van der Waals surface area contributed by atoms with Crippen LogP contribution in [0.5, 0.6) is 5.75 Å². The summed E-state index contributed by atoms with van der Waals surface area (Å²) in [6.45, 7) is 6.13. The maximum atomic E-state index is 11.3. The maximum absolute atomic E-state index is 11.3. The molecule has 1 unspecified atom stereocenters. The Bertz CT molecular complexity index is 587. The van der Waals surface area contributed by atoms with Crippen molar-refractivity contribution < 1.29 is 19.4 Å². The molecule has 6 heteroatoms. The monoisotopic (exact) mass is 348 g/mol. The van der Waals surface area contributed by atoms with Crippen molar-refractivity contribution in [2.24, 2.45) is 5.92 Å². The zero-order valence-electron chi connectivity index (χ0n) is 14.9. The van der Waals surface area contributed by atoms with E-state index in [2.05, 4.69) is 21.9 Å². The second kappa shape index (κ2) is 8.65. The predicted octanol–water partition coefficient (Wildman–Crippen LogP) is 1.82. The molecule has 2 heterocycles. The lowest BCUT2D eigenvalue weighted by molar-refractivity contribution is -0.143. The SMILES string of the molecule is COc1ccc(CN2CCOCC(C(=O)O)C2)cc1CN1CCCC1. The molecule has 0 radical (unpaired) electrons. The van der Waals surface area contributed by atoms with Crippen molar-refractivity contribution in [2.45, 2.75) is 25.9 Å². The van der Waals surface area contributed by atoms with Crippen LogP contribution in [0.4, 0.5) is 0 Å². The van der Waals surface area contributed by atoms with Gasteiger partial charge in [0.25, 0.3) is 0 Å². The van der Waals surface area contributed by atoms with Gasteiger partial charge in [-0.1, -0.05) is 6.07 Å². The van der Waals surface area contributed by atoms with Gasteiger partial charge in [0.2, 0.25) is 0 Å². The second-order valence-corrected chi connectivity index (χ2v) is 6.97. The summed E-state index contributed by atoms with van der Waals surface area (Å²) in [6.07, 6.45) is 2.54. The van der Waals surface area contributed by atoms with E-state index in [1.807, 2.05) is 6.07 Å². The van der Waals surface area contributed by atoms with E-state index in [0.717, 1.165) is 38.5 Å². The van der Waals surface area contributed by atoms with Crippen LogP contribution in [-0.4, -0.2) is 67.4 Å². The number of hydrogen-bond donors (Lipinski definition) is 1. The number of carbonyl (C=O) groups is 1. The fourth-order valence-corrected chi connectivity index (χ4v) is 3.66. The fraction of sp³-hybridized carbons (Fsp3) is 0.632. The summed E-state index contributed by atoms with van der Waals surface area (Å²) in [6, 6.07) is 6.32. The summed E-state index contributed by atoms with van der Waals surface area (Å²) in [5, 5.41) is 9.29. The summed E-state index contributed by atoms with van der Waals surface area (Å²) >= 11 is 0. The van der Waals surface area contributed by atoms with Gasteiger partial charge in [-0.2, -0.15) is 0 Å². The van der Waals surface area contributed by atoms with Gasteiger partial charge in [0.1, 0.15) is 5.75 Å². The van der Waals surface area contributed by atoms with Crippen LogP contribution >= 0.6 is 0 Å². The molecule has 0 aliphatic carbocycles. The Kier molecular flexibility index (Phi) is 6.29. The second-order valence-electron chi connectivity index (χ2n) is 6.97. The lowest BCUT2D eigenvalue weighted by atomic mass is 10.1. The zero-order chi connectivity index (χ0) is 17.6. The smallest absolute Gasteiger partial charge is 0.310 e. The number of carboxylic acid groups (broad SMARTS) is 1. The number of aliphatic carboxylic acids is 1. The Morgan fingerprint density at radius 1 is 1.24 bits per heavy atom. The van der Waals surface area contributed by atoms with Crippen LogP contribution in [0.1, 0.15) is 24.0 Å². The molecular weight excluding hydrogens is 320 g/mol. The lowest BCUT2D eigenvalue weighted by Gasteiger charge is -2.23. The van der Waals surface area contributed by atoms with E-state index in [9.17, 15) is 9.90 Å². The molecule has 1 atom stereocenters. The van der Waals surface area contributed by atoms with Crippen molar-refractivity contribution in [1.29, 1.82) is 0 Å². The quantitative estimate of drug-likeness (QED) is 0.846. The third-order valence-corrected chi connectivity index (χ3v) is 5.04. The average molecular weight is 348 g/mol. The topological polar surface area (TPSA) is 62.2 Å². The standard InChI is InChI=1S/C19H28N2O4/c1-24-18-5-4-15(10-16(18)12-20-6-2-3-7-20)11-21-8-9-25-14-17(13-21)19(22)23/h4-5,10,17H,2-3,6-9,11-14H2,1H3,(H,22,23). The number of ether oxygens (including phenoxy) is 2. The van der Waals surface area contributed by atoms with Crippen LogP contribution in [0.3, 0.4) is 0 Å². The molecule has 1 N–H and O–H groups in total. The molecule has 0 saturated carbocycles. The molecule has 2 aliphatic rings. The molecule has 3 rings (SSSR count). The summed E-state index contributed by atoms with van der Waals surface area (Å²) in [7, 11) is 1.71. The summed E-state index contributed by atoms with van der Waals surface area (Å²) in [5.41, 5.74) is 2.41. The van der Waals surface area contributed by atoms with Crippen molar-refractivity contribution in [3.05, 3.63) is 29.3 Å². The van der Waals surface area contributed by atoms with Crippen molar-refractivity contribution in [3.8, 4) is 5.75 Å². The van der Waals surface area contributed by atoms with Crippen LogP contribution in [0.25, 0.3) is 0 Å². The first-order valence-corrected chi connectivity index (χ1v) is 9.07. The van der Waals surface area contributed by atoms with Crippen molar-refractivity contribution in [1.82, 2.24) is 9.80 Å². The van der Waals surface area contributed by atoms with E-state index >= 15 is 0 Å². The molecule has 25 heavy (non-hydrogen) atoms. The van der Waals surface area contributed by atoms with Gasteiger partial charge in [0.05, 0.1) is 26.2 Å². The third-order valence-electron chi connectivity index (χ3n) is 5.04. The lowest BCUT2D eigenvalue weighted by Crippen LogP contribution is -2.33. The summed E-state index contributed by atoms with van der Waals surface area (Å²) in [4.78, 5) is 15.9. The minimum absolute atomic E-state index is 0.300. The van der Waals surface area contributed by atoms with Gasteiger partial charge >= 0.3 is 5.97 Å². The molecule has 6 nitrogen and oxygen atoms in total. The Balaban J connectivity index is 1.69. The largest absolute Gasteiger partial charge is 0.496 e. The van der Waals surface area contributed by atoms with Crippen LogP contribution < -0.4 is 4.74 Å². The fourth-order valence-electron chi connectivity index (χ4n) is 3.66. The number of methoxy groups -OCH3 is 1. The van der Waals surface area contributed by atoms with E-state index in [1.54, 1.807) is 7.11 Å². The molecule has 0 spiro atoms. The van der Waals surface area contributed by atoms with Crippen LogP contribution in [-0.2, 0) is 22.6 Å². The molecule has 2 saturated heterocycles. The van der Waals surface area contributed by atoms with E-state index in [4.69, 9.17) is 9.47 Å². The number of likely N-dealkylation sites (tertiary alicyclic amines) is 1. The van der Waals surface area contributed by atoms with Crippen molar-refractivity contribution in [2.75, 3.05) is 46.5 Å². The molecule has 1 aromatic carbocycles.